The van der Waals surface area contributed by atoms with Crippen LogP contribution in [0.3, 0.4) is 0 Å². The highest BCUT2D eigenvalue weighted by Gasteiger charge is 2.26. The van der Waals surface area contributed by atoms with E-state index in [0.29, 0.717) is 24.1 Å². The summed E-state index contributed by atoms with van der Waals surface area (Å²) in [6.45, 7) is 5.26. The molecule has 9 heteroatoms. The zero-order valence-electron chi connectivity index (χ0n) is 31.6. The number of carbonyl (C=O) groups excluding carboxylic acids is 1. The number of likely N-dealkylation sites (N-methyl/N-ethyl adjacent to an activating group) is 1. The number of nitrogens with zero attached hydrogens (tertiary/aromatic N) is 1. The monoisotopic (exact) mass is 708 g/mol. The van der Waals surface area contributed by atoms with Crippen molar-refractivity contribution in [2.45, 2.75) is 123 Å². The lowest BCUT2D eigenvalue weighted by molar-refractivity contribution is -0.870. The van der Waals surface area contributed by atoms with Crippen molar-refractivity contribution in [3.63, 3.8) is 0 Å². The molecule has 2 unspecified atom stereocenters. The van der Waals surface area contributed by atoms with Crippen molar-refractivity contribution >= 4 is 13.8 Å². The number of phosphoric ester groups is 1. The van der Waals surface area contributed by atoms with E-state index in [4.69, 9.17) is 18.5 Å². The van der Waals surface area contributed by atoms with Crippen molar-refractivity contribution in [3.8, 4) is 0 Å². The zero-order chi connectivity index (χ0) is 36.3. The number of rotatable bonds is 33. The molecule has 1 N–H and O–H groups in total. The number of unbranched alkanes of at least 4 members (excludes halogenated alkanes) is 7. The molecule has 0 bridgehead atoms. The van der Waals surface area contributed by atoms with E-state index in [-0.39, 0.29) is 25.8 Å². The molecule has 282 valence electrons. The van der Waals surface area contributed by atoms with Gasteiger partial charge in [0.15, 0.2) is 0 Å². The van der Waals surface area contributed by atoms with Crippen LogP contribution < -0.4 is 0 Å². The fraction of sp³-hybridized carbons (Fsp3) is 0.675. The molecule has 0 amide bonds. The van der Waals surface area contributed by atoms with Gasteiger partial charge in [-0.05, 0) is 57.8 Å². The number of allylic oxidation sites excluding steroid dienone is 12. The quantitative estimate of drug-likeness (QED) is 0.0239. The van der Waals surface area contributed by atoms with E-state index in [2.05, 4.69) is 86.8 Å². The van der Waals surface area contributed by atoms with Crippen molar-refractivity contribution < 1.29 is 37.3 Å². The van der Waals surface area contributed by atoms with Gasteiger partial charge in [0.25, 0.3) is 0 Å². The number of hydrogen-bond acceptors (Lipinski definition) is 6. The normalized spacial score (nSPS) is 14.8. The molecule has 0 fully saturated rings. The van der Waals surface area contributed by atoms with Gasteiger partial charge in [-0.2, -0.15) is 0 Å². The molecule has 0 aromatic heterocycles. The highest BCUT2D eigenvalue weighted by molar-refractivity contribution is 7.47. The molecule has 0 heterocycles. The molecule has 0 aromatic rings. The first-order valence-electron chi connectivity index (χ1n) is 18.7. The summed E-state index contributed by atoms with van der Waals surface area (Å²) >= 11 is 0. The van der Waals surface area contributed by atoms with E-state index in [9.17, 15) is 14.3 Å². The lowest BCUT2D eigenvalue weighted by atomic mass is 10.1. The summed E-state index contributed by atoms with van der Waals surface area (Å²) in [5.74, 6) is -0.345. The summed E-state index contributed by atoms with van der Waals surface area (Å²) in [5, 5.41) is 0. The van der Waals surface area contributed by atoms with Gasteiger partial charge in [-0.3, -0.25) is 13.8 Å². The van der Waals surface area contributed by atoms with E-state index >= 15 is 0 Å². The van der Waals surface area contributed by atoms with Crippen molar-refractivity contribution in [3.05, 3.63) is 72.9 Å². The van der Waals surface area contributed by atoms with Gasteiger partial charge in [0.1, 0.15) is 19.3 Å². The summed E-state index contributed by atoms with van der Waals surface area (Å²) in [6.07, 6.45) is 41.1. The van der Waals surface area contributed by atoms with Gasteiger partial charge < -0.3 is 18.9 Å². The Morgan fingerprint density at radius 3 is 1.69 bits per heavy atom. The standard InChI is InChI=1S/C40H70NO7P/c1-6-8-10-12-14-15-16-17-18-19-20-21-22-23-24-25-26-28-30-32-35-45-37-39(38-47-49(43,44)46-36-34-41(3,4)5)48-40(42)33-31-29-27-13-11-9-7-2/h8,10,14-15,17-18,20-21,23-24,26,28,39H,6-7,9,11-13,16,19,22,25,27,29-38H2,1-5H3/p+1/b10-8-,15-14-,18-17-,21-20-,24-23-,28-26-. The second-order valence-electron chi connectivity index (χ2n) is 13.2. The van der Waals surface area contributed by atoms with Gasteiger partial charge in [-0.25, -0.2) is 4.57 Å². The molecule has 8 nitrogen and oxygen atoms in total. The molecular formula is C40H71NO7P+. The summed E-state index contributed by atoms with van der Waals surface area (Å²) < 4.78 is 34.6. The Balaban J connectivity index is 4.34. The second-order valence-corrected chi connectivity index (χ2v) is 14.7. The molecule has 0 aliphatic carbocycles. The average Bonchev–Trinajstić information content (AvgIpc) is 3.04. The molecule has 0 spiro atoms. The van der Waals surface area contributed by atoms with Crippen LogP contribution >= 0.6 is 7.82 Å². The third kappa shape index (κ3) is 37.0. The predicted molar refractivity (Wildman–Crippen MR) is 205 cm³/mol. The van der Waals surface area contributed by atoms with E-state index in [1.54, 1.807) is 0 Å². The van der Waals surface area contributed by atoms with Gasteiger partial charge in [0, 0.05) is 13.0 Å². The summed E-state index contributed by atoms with van der Waals surface area (Å²) in [5.41, 5.74) is 0. The average molecular weight is 709 g/mol. The first-order chi connectivity index (χ1) is 23.6. The van der Waals surface area contributed by atoms with E-state index < -0.39 is 13.9 Å². The highest BCUT2D eigenvalue weighted by atomic mass is 31.2. The summed E-state index contributed by atoms with van der Waals surface area (Å²) in [7, 11) is 1.62. The topological polar surface area (TPSA) is 91.3 Å². The lowest BCUT2D eigenvalue weighted by Crippen LogP contribution is -2.37. The van der Waals surface area contributed by atoms with Gasteiger partial charge in [0.05, 0.1) is 34.4 Å². The Labute approximate surface area is 300 Å². The molecule has 2 atom stereocenters. The maximum absolute atomic E-state index is 12.5. The van der Waals surface area contributed by atoms with Crippen molar-refractivity contribution in [2.24, 2.45) is 0 Å². The van der Waals surface area contributed by atoms with E-state index in [1.807, 2.05) is 21.1 Å². The molecular weight excluding hydrogens is 637 g/mol. The third-order valence-electron chi connectivity index (χ3n) is 7.28. The second kappa shape index (κ2) is 33.1. The molecule has 0 aliphatic heterocycles. The van der Waals surface area contributed by atoms with E-state index in [0.717, 1.165) is 70.6 Å². The van der Waals surface area contributed by atoms with E-state index in [1.165, 1.54) is 25.7 Å². The minimum Gasteiger partial charge on any atom is -0.457 e. The van der Waals surface area contributed by atoms with Crippen LogP contribution in [0.15, 0.2) is 72.9 Å². The molecule has 0 aliphatic rings. The van der Waals surface area contributed by atoms with Crippen LogP contribution in [-0.4, -0.2) is 75.6 Å². The largest absolute Gasteiger partial charge is 0.472 e. The van der Waals surface area contributed by atoms with Gasteiger partial charge in [0.2, 0.25) is 0 Å². The van der Waals surface area contributed by atoms with Gasteiger partial charge >= 0.3 is 13.8 Å². The minimum absolute atomic E-state index is 0.0745. The number of ether oxygens (including phenoxy) is 2. The molecule has 49 heavy (non-hydrogen) atoms. The number of esters is 1. The fourth-order valence-corrected chi connectivity index (χ4v) is 5.13. The Bertz CT molecular complexity index is 1010. The molecule has 0 saturated carbocycles. The smallest absolute Gasteiger partial charge is 0.457 e. The first kappa shape index (κ1) is 46.9. The Hall–Kier alpha value is -2.06. The molecule has 0 saturated heterocycles. The Kier molecular flexibility index (Phi) is 31.7. The molecule has 0 aromatic carbocycles. The zero-order valence-corrected chi connectivity index (χ0v) is 32.5. The number of phosphoric acid groups is 1. The molecule has 0 rings (SSSR count). The SMILES string of the molecule is CC/C=C\C/C=C\C/C=C\C/C=C\C/C=C\C/C=C\CCCOCC(COP(=O)(O)OCC[N+](C)(C)C)OC(=O)CCCCCCCCC. The number of quaternary nitrogens is 1. The Morgan fingerprint density at radius 1 is 0.653 bits per heavy atom. The van der Waals surface area contributed by atoms with Crippen LogP contribution in [0, 0.1) is 0 Å². The maximum atomic E-state index is 12.5. The lowest BCUT2D eigenvalue weighted by Gasteiger charge is -2.24. The van der Waals surface area contributed by atoms with Crippen LogP contribution in [0.25, 0.3) is 0 Å². The van der Waals surface area contributed by atoms with Crippen LogP contribution in [0.2, 0.25) is 0 Å². The Morgan fingerprint density at radius 2 is 1.16 bits per heavy atom. The van der Waals surface area contributed by atoms with Crippen molar-refractivity contribution in [1.29, 1.82) is 0 Å². The summed E-state index contributed by atoms with van der Waals surface area (Å²) in [4.78, 5) is 22.6. The van der Waals surface area contributed by atoms with Crippen LogP contribution in [0.1, 0.15) is 117 Å². The van der Waals surface area contributed by atoms with Gasteiger partial charge in [-0.1, -0.05) is 125 Å². The number of hydrogen-bond donors (Lipinski definition) is 1. The van der Waals surface area contributed by atoms with Crippen LogP contribution in [0.5, 0.6) is 0 Å². The first-order valence-corrected chi connectivity index (χ1v) is 20.2. The maximum Gasteiger partial charge on any atom is 0.472 e. The summed E-state index contributed by atoms with van der Waals surface area (Å²) in [6, 6.07) is 0. The predicted octanol–water partition coefficient (Wildman–Crippen LogP) is 10.4. The van der Waals surface area contributed by atoms with Crippen LogP contribution in [0.4, 0.5) is 0 Å². The third-order valence-corrected chi connectivity index (χ3v) is 8.27. The van der Waals surface area contributed by atoms with Crippen molar-refractivity contribution in [1.82, 2.24) is 0 Å². The number of carbonyl (C=O) groups is 1. The van der Waals surface area contributed by atoms with Gasteiger partial charge in [-0.15, -0.1) is 0 Å². The molecule has 0 radical (unpaired) electrons. The van der Waals surface area contributed by atoms with Crippen molar-refractivity contribution in [2.75, 3.05) is 54.1 Å². The highest BCUT2D eigenvalue weighted by Crippen LogP contribution is 2.43. The minimum atomic E-state index is -4.28. The van der Waals surface area contributed by atoms with Crippen LogP contribution in [-0.2, 0) is 27.9 Å². The fourth-order valence-electron chi connectivity index (χ4n) is 4.39.